The standard InChI is InChI=1S/C25H20ClN3O4S/c1-32-20-13-16(14-21-24(31)29-25(34-21)28-18-10-6-3-7-11-18)12-19(26)23(20)33-15-22(30)27-17-8-4-2-5-9-17/h2-14H,15H2,1H3,(H,27,30)(H,28,29,31)/b21-14-. The lowest BCUT2D eigenvalue weighted by atomic mass is 10.2. The smallest absolute Gasteiger partial charge is 0.264 e. The summed E-state index contributed by atoms with van der Waals surface area (Å²) < 4.78 is 11.0. The van der Waals surface area contributed by atoms with Crippen LogP contribution in [0.4, 0.5) is 11.4 Å². The molecular formula is C25H20ClN3O4S. The van der Waals surface area contributed by atoms with Gasteiger partial charge in [-0.2, -0.15) is 0 Å². The number of nitrogens with one attached hydrogen (secondary N) is 2. The van der Waals surface area contributed by atoms with E-state index in [9.17, 15) is 9.59 Å². The number of amidine groups is 1. The summed E-state index contributed by atoms with van der Waals surface area (Å²) in [6.07, 6.45) is 1.69. The molecule has 0 aromatic heterocycles. The minimum atomic E-state index is -0.334. The van der Waals surface area contributed by atoms with Crippen LogP contribution in [0.15, 0.2) is 82.7 Å². The maximum absolute atomic E-state index is 12.4. The van der Waals surface area contributed by atoms with Crippen molar-refractivity contribution in [3.8, 4) is 11.5 Å². The van der Waals surface area contributed by atoms with Crippen LogP contribution in [-0.4, -0.2) is 30.7 Å². The fourth-order valence-corrected chi connectivity index (χ4v) is 4.19. The number of aliphatic imine (C=N–C) groups is 1. The summed E-state index contributed by atoms with van der Waals surface area (Å²) in [5, 5.41) is 6.23. The van der Waals surface area contributed by atoms with Crippen molar-refractivity contribution in [3.05, 3.63) is 88.3 Å². The zero-order valence-electron chi connectivity index (χ0n) is 18.1. The van der Waals surface area contributed by atoms with Gasteiger partial charge in [-0.25, -0.2) is 4.99 Å². The molecule has 1 aliphatic heterocycles. The summed E-state index contributed by atoms with van der Waals surface area (Å²) in [5.41, 5.74) is 2.05. The molecule has 0 radical (unpaired) electrons. The minimum absolute atomic E-state index is 0.240. The van der Waals surface area contributed by atoms with E-state index < -0.39 is 0 Å². The molecule has 2 N–H and O–H groups in total. The molecule has 0 bridgehead atoms. The number of para-hydroxylation sites is 2. The maximum atomic E-state index is 12.4. The van der Waals surface area contributed by atoms with Gasteiger partial charge in [0.05, 0.1) is 22.7 Å². The predicted octanol–water partition coefficient (Wildman–Crippen LogP) is 5.26. The molecule has 0 saturated carbocycles. The minimum Gasteiger partial charge on any atom is -0.493 e. The van der Waals surface area contributed by atoms with Crippen molar-refractivity contribution in [3.63, 3.8) is 0 Å². The molecule has 1 saturated heterocycles. The van der Waals surface area contributed by atoms with E-state index in [1.165, 1.54) is 18.9 Å². The van der Waals surface area contributed by atoms with Gasteiger partial charge in [0.2, 0.25) is 0 Å². The average Bonchev–Trinajstić information content (AvgIpc) is 3.17. The number of carbonyl (C=O) groups is 2. The van der Waals surface area contributed by atoms with Crippen LogP contribution in [0.3, 0.4) is 0 Å². The van der Waals surface area contributed by atoms with Crippen molar-refractivity contribution < 1.29 is 19.1 Å². The fraction of sp³-hybridized carbons (Fsp3) is 0.0800. The normalized spacial score (nSPS) is 15.3. The molecule has 2 amide bonds. The van der Waals surface area contributed by atoms with Gasteiger partial charge >= 0.3 is 0 Å². The van der Waals surface area contributed by atoms with E-state index in [0.717, 1.165) is 5.69 Å². The summed E-state index contributed by atoms with van der Waals surface area (Å²) in [5.74, 6) is -0.00900. The number of carbonyl (C=O) groups excluding carboxylic acids is 2. The Labute approximate surface area is 205 Å². The quantitative estimate of drug-likeness (QED) is 0.438. The zero-order valence-corrected chi connectivity index (χ0v) is 19.7. The van der Waals surface area contributed by atoms with E-state index in [2.05, 4.69) is 15.6 Å². The van der Waals surface area contributed by atoms with E-state index in [4.69, 9.17) is 21.1 Å². The SMILES string of the molecule is COc1cc(/C=C2\SC(=Nc3ccccc3)NC2=O)cc(Cl)c1OCC(=O)Nc1ccccc1. The Balaban J connectivity index is 1.47. The molecular weight excluding hydrogens is 474 g/mol. The van der Waals surface area contributed by atoms with E-state index in [1.807, 2.05) is 48.5 Å². The third kappa shape index (κ3) is 5.98. The number of anilines is 1. The third-order valence-corrected chi connectivity index (χ3v) is 5.78. The molecule has 1 aliphatic rings. The molecule has 7 nitrogen and oxygen atoms in total. The highest BCUT2D eigenvalue weighted by atomic mass is 35.5. The maximum Gasteiger partial charge on any atom is 0.264 e. The van der Waals surface area contributed by atoms with Crippen LogP contribution in [0.2, 0.25) is 5.02 Å². The van der Waals surface area contributed by atoms with E-state index in [0.29, 0.717) is 27.1 Å². The van der Waals surface area contributed by atoms with Gasteiger partial charge in [0, 0.05) is 5.69 Å². The topological polar surface area (TPSA) is 89.0 Å². The first kappa shape index (κ1) is 23.4. The highest BCUT2D eigenvalue weighted by Crippen LogP contribution is 2.38. The van der Waals surface area contributed by atoms with Crippen LogP contribution in [0, 0.1) is 0 Å². The number of ether oxygens (including phenoxy) is 2. The summed E-state index contributed by atoms with van der Waals surface area (Å²) >= 11 is 7.65. The summed E-state index contributed by atoms with van der Waals surface area (Å²) in [7, 11) is 1.47. The van der Waals surface area contributed by atoms with Gasteiger partial charge in [-0.1, -0.05) is 48.0 Å². The number of hydrogen-bond donors (Lipinski definition) is 2. The summed E-state index contributed by atoms with van der Waals surface area (Å²) in [4.78, 5) is 29.5. The van der Waals surface area contributed by atoms with Gasteiger partial charge in [-0.05, 0) is 59.8 Å². The largest absolute Gasteiger partial charge is 0.493 e. The number of halogens is 1. The summed E-state index contributed by atoms with van der Waals surface area (Å²) in [6, 6.07) is 21.7. The Hall–Kier alpha value is -3.75. The summed E-state index contributed by atoms with van der Waals surface area (Å²) in [6.45, 7) is -0.247. The molecule has 0 unspecified atom stereocenters. The molecule has 0 atom stereocenters. The van der Waals surface area contributed by atoms with E-state index in [-0.39, 0.29) is 29.2 Å². The monoisotopic (exact) mass is 493 g/mol. The van der Waals surface area contributed by atoms with Gasteiger partial charge in [0.1, 0.15) is 0 Å². The van der Waals surface area contributed by atoms with Crippen LogP contribution in [0.1, 0.15) is 5.56 Å². The second-order valence-corrected chi connectivity index (χ2v) is 8.49. The Morgan fingerprint density at radius 3 is 2.53 bits per heavy atom. The van der Waals surface area contributed by atoms with E-state index in [1.54, 1.807) is 30.3 Å². The molecule has 1 heterocycles. The van der Waals surface area contributed by atoms with Crippen LogP contribution in [0.5, 0.6) is 11.5 Å². The lowest BCUT2D eigenvalue weighted by Crippen LogP contribution is -2.20. The predicted molar refractivity (Wildman–Crippen MR) is 136 cm³/mol. The highest BCUT2D eigenvalue weighted by molar-refractivity contribution is 8.18. The number of methoxy groups -OCH3 is 1. The molecule has 3 aromatic rings. The van der Waals surface area contributed by atoms with Gasteiger partial charge in [0.25, 0.3) is 11.8 Å². The van der Waals surface area contributed by atoms with Crippen molar-refractivity contribution in [2.24, 2.45) is 4.99 Å². The molecule has 0 aliphatic carbocycles. The average molecular weight is 494 g/mol. The van der Waals surface area contributed by atoms with Crippen molar-refractivity contribution in [2.75, 3.05) is 19.0 Å². The molecule has 1 fully saturated rings. The van der Waals surface area contributed by atoms with Gasteiger partial charge in [0.15, 0.2) is 23.3 Å². The molecule has 34 heavy (non-hydrogen) atoms. The van der Waals surface area contributed by atoms with E-state index >= 15 is 0 Å². The number of benzene rings is 3. The Morgan fingerprint density at radius 2 is 1.82 bits per heavy atom. The first-order chi connectivity index (χ1) is 16.5. The number of amides is 2. The Bertz CT molecular complexity index is 1260. The van der Waals surface area contributed by atoms with Gasteiger partial charge in [-0.15, -0.1) is 0 Å². The van der Waals surface area contributed by atoms with Crippen LogP contribution < -0.4 is 20.1 Å². The van der Waals surface area contributed by atoms with Crippen LogP contribution >= 0.6 is 23.4 Å². The number of nitrogens with zero attached hydrogens (tertiary/aromatic N) is 1. The lowest BCUT2D eigenvalue weighted by molar-refractivity contribution is -0.118. The number of rotatable bonds is 7. The first-order valence-corrected chi connectivity index (χ1v) is 11.4. The van der Waals surface area contributed by atoms with Crippen LogP contribution in [-0.2, 0) is 9.59 Å². The molecule has 4 rings (SSSR count). The fourth-order valence-electron chi connectivity index (χ4n) is 3.07. The third-order valence-electron chi connectivity index (χ3n) is 4.59. The lowest BCUT2D eigenvalue weighted by Gasteiger charge is -2.13. The first-order valence-electron chi connectivity index (χ1n) is 10.2. The number of thioether (sulfide) groups is 1. The van der Waals surface area contributed by atoms with Gasteiger partial charge in [-0.3, -0.25) is 9.59 Å². The second kappa shape index (κ2) is 10.9. The molecule has 172 valence electrons. The van der Waals surface area contributed by atoms with Crippen molar-refractivity contribution in [1.29, 1.82) is 0 Å². The molecule has 0 spiro atoms. The Morgan fingerprint density at radius 1 is 1.12 bits per heavy atom. The highest BCUT2D eigenvalue weighted by Gasteiger charge is 2.24. The molecule has 9 heteroatoms. The van der Waals surface area contributed by atoms with Crippen molar-refractivity contribution >= 4 is 57.8 Å². The Kier molecular flexibility index (Phi) is 7.51. The number of hydrogen-bond acceptors (Lipinski definition) is 6. The van der Waals surface area contributed by atoms with Gasteiger partial charge < -0.3 is 20.1 Å². The van der Waals surface area contributed by atoms with Crippen LogP contribution in [0.25, 0.3) is 6.08 Å². The zero-order chi connectivity index (χ0) is 23.9. The second-order valence-electron chi connectivity index (χ2n) is 7.05. The molecule has 3 aromatic carbocycles. The van der Waals surface area contributed by atoms with Crippen molar-refractivity contribution in [1.82, 2.24) is 5.32 Å². The van der Waals surface area contributed by atoms with Crippen molar-refractivity contribution in [2.45, 2.75) is 0 Å².